The monoisotopic (exact) mass is 534 g/mol. The number of halogens is 1. The van der Waals surface area contributed by atoms with Crippen molar-refractivity contribution in [3.8, 4) is 0 Å². The minimum Gasteiger partial charge on any atom is -0.356 e. The number of nitrogens with one attached hydrogen (secondary N) is 1. The molecule has 3 rings (SSSR count). The number of piperidine rings is 1. The summed E-state index contributed by atoms with van der Waals surface area (Å²) in [4.78, 5) is 26.5. The van der Waals surface area contributed by atoms with E-state index < -0.39 is 0 Å². The minimum absolute atomic E-state index is 0. The molecule has 174 valence electrons. The SMILES string of the molecule is CN=C(NCCCN1CCCC(C)C1)N1CCN(C(C)C(=O)N2CCCC2)CC1.I. The zero-order valence-electron chi connectivity index (χ0n) is 19.3. The Morgan fingerprint density at radius 3 is 2.37 bits per heavy atom. The zero-order chi connectivity index (χ0) is 20.6. The smallest absolute Gasteiger partial charge is 0.239 e. The van der Waals surface area contributed by atoms with E-state index in [1.807, 2.05) is 11.9 Å². The van der Waals surface area contributed by atoms with Crippen molar-refractivity contribution >= 4 is 35.8 Å². The second-order valence-electron chi connectivity index (χ2n) is 9.11. The average molecular weight is 535 g/mol. The van der Waals surface area contributed by atoms with Gasteiger partial charge in [0.1, 0.15) is 0 Å². The number of hydrogen-bond acceptors (Lipinski definition) is 4. The number of nitrogens with zero attached hydrogens (tertiary/aromatic N) is 5. The van der Waals surface area contributed by atoms with E-state index in [2.05, 4.69) is 38.9 Å². The first-order chi connectivity index (χ1) is 14.1. The summed E-state index contributed by atoms with van der Waals surface area (Å²) in [6, 6.07) is -0.00263. The first-order valence-electron chi connectivity index (χ1n) is 11.8. The van der Waals surface area contributed by atoms with Crippen molar-refractivity contribution in [2.75, 3.05) is 72.5 Å². The molecular weight excluding hydrogens is 491 g/mol. The van der Waals surface area contributed by atoms with Gasteiger partial charge < -0.3 is 20.0 Å². The van der Waals surface area contributed by atoms with Crippen LogP contribution >= 0.6 is 24.0 Å². The Bertz CT molecular complexity index is 546. The standard InChI is InChI=1S/C22H42N6O.HI/c1-19-8-6-10-25(18-19)11-7-9-24-22(23-3)28-16-14-26(15-17-28)20(2)21(29)27-12-4-5-13-27;/h19-20H,4-18H2,1-3H3,(H,23,24);1H. The lowest BCUT2D eigenvalue weighted by Gasteiger charge is -2.39. The highest BCUT2D eigenvalue weighted by atomic mass is 127. The minimum atomic E-state index is -0.00263. The van der Waals surface area contributed by atoms with Crippen LogP contribution < -0.4 is 5.32 Å². The van der Waals surface area contributed by atoms with Crippen LogP contribution in [-0.2, 0) is 4.79 Å². The first kappa shape index (κ1) is 25.6. The maximum Gasteiger partial charge on any atom is 0.239 e. The van der Waals surface area contributed by atoms with E-state index in [9.17, 15) is 4.79 Å². The lowest BCUT2D eigenvalue weighted by atomic mass is 10.0. The van der Waals surface area contributed by atoms with Gasteiger partial charge in [-0.2, -0.15) is 0 Å². The Kier molecular flexibility index (Phi) is 11.2. The van der Waals surface area contributed by atoms with E-state index in [1.165, 1.54) is 32.5 Å². The number of guanidine groups is 1. The molecule has 3 saturated heterocycles. The highest BCUT2D eigenvalue weighted by Crippen LogP contribution is 2.16. The molecule has 3 aliphatic rings. The second kappa shape index (κ2) is 13.1. The van der Waals surface area contributed by atoms with E-state index in [4.69, 9.17) is 0 Å². The fraction of sp³-hybridized carbons (Fsp3) is 0.909. The molecule has 0 aromatic carbocycles. The molecule has 3 heterocycles. The van der Waals surface area contributed by atoms with E-state index in [1.54, 1.807) is 0 Å². The molecule has 0 aromatic rings. The number of likely N-dealkylation sites (tertiary alicyclic amines) is 2. The van der Waals surface area contributed by atoms with Gasteiger partial charge in [0.15, 0.2) is 5.96 Å². The lowest BCUT2D eigenvalue weighted by Crippen LogP contribution is -2.57. The van der Waals surface area contributed by atoms with Gasteiger partial charge in [-0.25, -0.2) is 0 Å². The van der Waals surface area contributed by atoms with E-state index in [0.717, 1.165) is 77.0 Å². The van der Waals surface area contributed by atoms with Crippen LogP contribution in [0.3, 0.4) is 0 Å². The van der Waals surface area contributed by atoms with Crippen molar-refractivity contribution in [3.05, 3.63) is 0 Å². The summed E-state index contributed by atoms with van der Waals surface area (Å²) in [7, 11) is 1.88. The Morgan fingerprint density at radius 1 is 1.03 bits per heavy atom. The van der Waals surface area contributed by atoms with Crippen molar-refractivity contribution in [2.45, 2.75) is 52.0 Å². The lowest BCUT2D eigenvalue weighted by molar-refractivity contribution is -0.135. The predicted molar refractivity (Wildman–Crippen MR) is 135 cm³/mol. The summed E-state index contributed by atoms with van der Waals surface area (Å²) in [5.41, 5.74) is 0. The second-order valence-corrected chi connectivity index (χ2v) is 9.11. The summed E-state index contributed by atoms with van der Waals surface area (Å²) < 4.78 is 0. The molecule has 8 heteroatoms. The number of carbonyl (C=O) groups excluding carboxylic acids is 1. The quantitative estimate of drug-likeness (QED) is 0.244. The third-order valence-electron chi connectivity index (χ3n) is 6.82. The van der Waals surface area contributed by atoms with Crippen LogP contribution in [0.1, 0.15) is 46.0 Å². The summed E-state index contributed by atoms with van der Waals surface area (Å²) in [6.45, 7) is 14.7. The van der Waals surface area contributed by atoms with E-state index in [0.29, 0.717) is 5.91 Å². The number of piperazine rings is 1. The van der Waals surface area contributed by atoms with Gasteiger partial charge in [0.2, 0.25) is 5.91 Å². The molecule has 0 aromatic heterocycles. The summed E-state index contributed by atoms with van der Waals surface area (Å²) in [6.07, 6.45) is 6.21. The van der Waals surface area contributed by atoms with Gasteiger partial charge in [-0.15, -0.1) is 24.0 Å². The number of hydrogen-bond donors (Lipinski definition) is 1. The third-order valence-corrected chi connectivity index (χ3v) is 6.82. The molecular formula is C22H43IN6O. The molecule has 2 unspecified atom stereocenters. The Labute approximate surface area is 200 Å². The van der Waals surface area contributed by atoms with Gasteiger partial charge in [0.25, 0.3) is 0 Å². The number of carbonyl (C=O) groups is 1. The van der Waals surface area contributed by atoms with Crippen LogP contribution in [0.2, 0.25) is 0 Å². The molecule has 7 nitrogen and oxygen atoms in total. The maximum absolute atomic E-state index is 12.7. The molecule has 3 aliphatic heterocycles. The van der Waals surface area contributed by atoms with Crippen LogP contribution in [0.5, 0.6) is 0 Å². The van der Waals surface area contributed by atoms with Gasteiger partial charge in [-0.05, 0) is 58.0 Å². The fourth-order valence-electron chi connectivity index (χ4n) is 5.00. The predicted octanol–water partition coefficient (Wildman–Crippen LogP) is 1.93. The Balaban J connectivity index is 0.00000320. The van der Waals surface area contributed by atoms with Gasteiger partial charge in [0.05, 0.1) is 6.04 Å². The first-order valence-corrected chi connectivity index (χ1v) is 11.8. The summed E-state index contributed by atoms with van der Waals surface area (Å²) in [5, 5.41) is 3.56. The summed E-state index contributed by atoms with van der Waals surface area (Å²) >= 11 is 0. The van der Waals surface area contributed by atoms with Crippen molar-refractivity contribution in [1.82, 2.24) is 24.9 Å². The molecule has 3 fully saturated rings. The molecule has 1 N–H and O–H groups in total. The van der Waals surface area contributed by atoms with Gasteiger partial charge in [-0.3, -0.25) is 14.7 Å². The average Bonchev–Trinajstić information content (AvgIpc) is 3.28. The highest BCUT2D eigenvalue weighted by molar-refractivity contribution is 14.0. The van der Waals surface area contributed by atoms with Gasteiger partial charge >= 0.3 is 0 Å². The largest absolute Gasteiger partial charge is 0.356 e. The summed E-state index contributed by atoms with van der Waals surface area (Å²) in [5.74, 6) is 2.17. The highest BCUT2D eigenvalue weighted by Gasteiger charge is 2.30. The fourth-order valence-corrected chi connectivity index (χ4v) is 5.00. The molecule has 1 amide bonds. The Hall–Kier alpha value is -0.610. The van der Waals surface area contributed by atoms with Crippen LogP contribution in [0.4, 0.5) is 0 Å². The van der Waals surface area contributed by atoms with Crippen LogP contribution in [0.15, 0.2) is 4.99 Å². The zero-order valence-corrected chi connectivity index (χ0v) is 21.6. The number of aliphatic imine (C=N–C) groups is 1. The van der Waals surface area contributed by atoms with Gasteiger partial charge in [0, 0.05) is 59.4 Å². The van der Waals surface area contributed by atoms with E-state index in [-0.39, 0.29) is 30.0 Å². The molecule has 2 atom stereocenters. The third kappa shape index (κ3) is 7.22. The number of rotatable bonds is 6. The van der Waals surface area contributed by atoms with E-state index >= 15 is 0 Å². The van der Waals surface area contributed by atoms with Crippen molar-refractivity contribution < 1.29 is 4.79 Å². The molecule has 0 bridgehead atoms. The van der Waals surface area contributed by atoms with Crippen molar-refractivity contribution in [3.63, 3.8) is 0 Å². The molecule has 0 saturated carbocycles. The molecule has 0 radical (unpaired) electrons. The topological polar surface area (TPSA) is 54.4 Å². The molecule has 0 aliphatic carbocycles. The van der Waals surface area contributed by atoms with Crippen LogP contribution in [-0.4, -0.2) is 110 Å². The van der Waals surface area contributed by atoms with Gasteiger partial charge in [-0.1, -0.05) is 6.92 Å². The van der Waals surface area contributed by atoms with Crippen molar-refractivity contribution in [2.24, 2.45) is 10.9 Å². The van der Waals surface area contributed by atoms with Crippen LogP contribution in [0.25, 0.3) is 0 Å². The van der Waals surface area contributed by atoms with Crippen molar-refractivity contribution in [1.29, 1.82) is 0 Å². The Morgan fingerprint density at radius 2 is 1.73 bits per heavy atom. The molecule has 30 heavy (non-hydrogen) atoms. The molecule has 0 spiro atoms. The van der Waals surface area contributed by atoms with Crippen LogP contribution in [0, 0.1) is 5.92 Å². The maximum atomic E-state index is 12.7. The normalized spacial score (nSPS) is 25.2. The number of amides is 1.